The number of hydrogen-bond acceptors (Lipinski definition) is 9. The first kappa shape index (κ1) is 22.5. The van der Waals surface area contributed by atoms with Gasteiger partial charge in [0.05, 0.1) is 31.2 Å². The second-order valence-electron chi connectivity index (χ2n) is 8.94. The highest BCUT2D eigenvalue weighted by Crippen LogP contribution is 2.52. The SMILES string of the molecule is C[C@H]1OC[C@]2(c3cc(NC(=O)c4cnc(-n5cncn5)cn4)ccc3F)N=C(N)[C@](C)(C#N)C[C@H]12. The minimum Gasteiger partial charge on any atom is -0.386 e. The van der Waals surface area contributed by atoms with Crippen LogP contribution in [0.3, 0.4) is 0 Å². The quantitative estimate of drug-likeness (QED) is 0.580. The number of carbonyl (C=O) groups is 1. The van der Waals surface area contributed by atoms with Gasteiger partial charge in [0.25, 0.3) is 5.91 Å². The fourth-order valence-electron chi connectivity index (χ4n) is 4.66. The van der Waals surface area contributed by atoms with Crippen LogP contribution in [-0.4, -0.2) is 49.2 Å². The fraction of sp³-hybridized carbons (Fsp3) is 0.348. The Balaban J connectivity index is 1.45. The van der Waals surface area contributed by atoms with Crippen molar-refractivity contribution in [1.82, 2.24) is 24.7 Å². The van der Waals surface area contributed by atoms with E-state index in [0.29, 0.717) is 17.9 Å². The van der Waals surface area contributed by atoms with Gasteiger partial charge in [0.15, 0.2) is 5.82 Å². The summed E-state index contributed by atoms with van der Waals surface area (Å²) in [7, 11) is 0. The molecule has 0 bridgehead atoms. The van der Waals surface area contributed by atoms with E-state index in [0.717, 1.165) is 0 Å². The number of aromatic nitrogens is 5. The van der Waals surface area contributed by atoms with Gasteiger partial charge in [-0.1, -0.05) is 0 Å². The van der Waals surface area contributed by atoms with Crippen molar-refractivity contribution in [3.05, 3.63) is 60.3 Å². The van der Waals surface area contributed by atoms with Crippen LogP contribution in [0.4, 0.5) is 10.1 Å². The molecule has 35 heavy (non-hydrogen) atoms. The lowest BCUT2D eigenvalue weighted by atomic mass is 9.67. The molecule has 2 aromatic heterocycles. The van der Waals surface area contributed by atoms with E-state index in [9.17, 15) is 10.1 Å². The molecule has 1 fully saturated rings. The van der Waals surface area contributed by atoms with Gasteiger partial charge < -0.3 is 15.8 Å². The van der Waals surface area contributed by atoms with E-state index >= 15 is 4.39 Å². The Morgan fingerprint density at radius 1 is 1.37 bits per heavy atom. The van der Waals surface area contributed by atoms with Crippen molar-refractivity contribution in [2.24, 2.45) is 22.1 Å². The van der Waals surface area contributed by atoms with Crippen LogP contribution in [0.5, 0.6) is 0 Å². The van der Waals surface area contributed by atoms with Gasteiger partial charge in [-0.3, -0.25) is 9.79 Å². The molecule has 4 atom stereocenters. The van der Waals surface area contributed by atoms with E-state index < -0.39 is 22.7 Å². The first-order valence-corrected chi connectivity index (χ1v) is 10.9. The Kier molecular flexibility index (Phi) is 5.29. The molecule has 1 amide bonds. The van der Waals surface area contributed by atoms with Gasteiger partial charge in [0, 0.05) is 17.2 Å². The molecule has 0 radical (unpaired) electrons. The number of rotatable bonds is 4. The van der Waals surface area contributed by atoms with Crippen LogP contribution in [0.25, 0.3) is 5.82 Å². The first-order chi connectivity index (χ1) is 16.8. The molecule has 3 N–H and O–H groups in total. The van der Waals surface area contributed by atoms with Gasteiger partial charge in [0.1, 0.15) is 41.0 Å². The monoisotopic (exact) mass is 475 g/mol. The standard InChI is InChI=1S/C23H22FN9O2/c1-13-16-6-22(2,9-25)21(26)32-23(16,10-35-13)15-5-14(3-4-17(15)24)31-20(34)18-7-29-19(8-28-18)33-12-27-11-30-33/h3-5,7-8,11-13,16H,6,10H2,1-2H3,(H2,26,32)(H,31,34)/t13-,16-,22+,23-/m1/s1. The zero-order valence-corrected chi connectivity index (χ0v) is 19.0. The number of fused-ring (bicyclic) bond motifs is 1. The molecule has 5 rings (SSSR count). The lowest BCUT2D eigenvalue weighted by Crippen LogP contribution is -2.49. The van der Waals surface area contributed by atoms with Gasteiger partial charge in [-0.2, -0.15) is 10.4 Å². The van der Waals surface area contributed by atoms with E-state index in [1.165, 1.54) is 47.9 Å². The largest absolute Gasteiger partial charge is 0.386 e. The zero-order valence-electron chi connectivity index (χ0n) is 19.0. The van der Waals surface area contributed by atoms with Gasteiger partial charge in [0.2, 0.25) is 0 Å². The predicted octanol–water partition coefficient (Wildman–Crippen LogP) is 1.97. The van der Waals surface area contributed by atoms with Gasteiger partial charge in [-0.15, -0.1) is 0 Å². The highest BCUT2D eigenvalue weighted by molar-refractivity contribution is 6.02. The lowest BCUT2D eigenvalue weighted by molar-refractivity contribution is 0.0995. The number of amidine groups is 1. The number of ether oxygens (including phenoxy) is 1. The number of anilines is 1. The number of aliphatic imine (C=N–C) groups is 1. The number of nitrogens with one attached hydrogen (secondary N) is 1. The molecule has 2 aliphatic heterocycles. The summed E-state index contributed by atoms with van der Waals surface area (Å²) in [6.45, 7) is 3.72. The topological polar surface area (TPSA) is 157 Å². The molecule has 11 nitrogen and oxygen atoms in total. The summed E-state index contributed by atoms with van der Waals surface area (Å²) < 4.78 is 22.5. The number of benzene rings is 1. The molecule has 0 spiro atoms. The first-order valence-electron chi connectivity index (χ1n) is 10.9. The van der Waals surface area contributed by atoms with E-state index in [1.807, 2.05) is 6.92 Å². The lowest BCUT2D eigenvalue weighted by Gasteiger charge is -2.41. The molecular formula is C23H22FN9O2. The van der Waals surface area contributed by atoms with E-state index in [2.05, 4.69) is 36.4 Å². The maximum atomic E-state index is 15.2. The maximum absolute atomic E-state index is 15.2. The average Bonchev–Trinajstić information content (AvgIpc) is 3.50. The van der Waals surface area contributed by atoms with E-state index in [4.69, 9.17) is 10.5 Å². The van der Waals surface area contributed by atoms with Crippen molar-refractivity contribution in [3.8, 4) is 11.9 Å². The highest BCUT2D eigenvalue weighted by Gasteiger charge is 2.57. The molecule has 3 aromatic rings. The Labute approximate surface area is 199 Å². The number of amides is 1. The smallest absolute Gasteiger partial charge is 0.275 e. The second kappa shape index (κ2) is 8.21. The van der Waals surface area contributed by atoms with Gasteiger partial charge in [-0.25, -0.2) is 24.0 Å². The molecule has 1 aromatic carbocycles. The molecule has 12 heteroatoms. The average molecular weight is 475 g/mol. The van der Waals surface area contributed by atoms with Crippen molar-refractivity contribution in [2.75, 3.05) is 11.9 Å². The Hall–Kier alpha value is -4.24. The van der Waals surface area contributed by atoms with Crippen LogP contribution in [0.1, 0.15) is 36.3 Å². The van der Waals surface area contributed by atoms with Gasteiger partial charge >= 0.3 is 0 Å². The van der Waals surface area contributed by atoms with Crippen LogP contribution >= 0.6 is 0 Å². The van der Waals surface area contributed by atoms with Crippen molar-refractivity contribution >= 4 is 17.4 Å². The van der Waals surface area contributed by atoms with Crippen molar-refractivity contribution in [1.29, 1.82) is 5.26 Å². The third-order valence-electron chi connectivity index (χ3n) is 6.72. The Bertz CT molecular complexity index is 1350. The second-order valence-corrected chi connectivity index (χ2v) is 8.94. The van der Waals surface area contributed by atoms with E-state index in [1.54, 1.807) is 6.92 Å². The third-order valence-corrected chi connectivity index (χ3v) is 6.72. The maximum Gasteiger partial charge on any atom is 0.275 e. The number of hydrogen-bond donors (Lipinski definition) is 2. The fourth-order valence-corrected chi connectivity index (χ4v) is 4.66. The molecule has 2 aliphatic rings. The van der Waals surface area contributed by atoms with E-state index in [-0.39, 0.29) is 35.7 Å². The van der Waals surface area contributed by atoms with Crippen molar-refractivity contribution < 1.29 is 13.9 Å². The summed E-state index contributed by atoms with van der Waals surface area (Å²) in [6, 6.07) is 6.48. The number of nitrogens with zero attached hydrogens (tertiary/aromatic N) is 7. The molecule has 0 saturated carbocycles. The molecule has 178 valence electrons. The number of carbonyl (C=O) groups excluding carboxylic acids is 1. The number of nitrogens with two attached hydrogens (primary N) is 1. The third kappa shape index (κ3) is 3.70. The van der Waals surface area contributed by atoms with Crippen LogP contribution in [0.2, 0.25) is 0 Å². The van der Waals surface area contributed by atoms with Crippen LogP contribution in [-0.2, 0) is 10.3 Å². The van der Waals surface area contributed by atoms with Crippen molar-refractivity contribution in [2.45, 2.75) is 31.9 Å². The Morgan fingerprint density at radius 3 is 2.89 bits per heavy atom. The summed E-state index contributed by atoms with van der Waals surface area (Å²) in [5.74, 6) is -0.741. The molecule has 4 heterocycles. The predicted molar refractivity (Wildman–Crippen MR) is 122 cm³/mol. The minimum atomic E-state index is -1.09. The van der Waals surface area contributed by atoms with Crippen molar-refractivity contribution in [3.63, 3.8) is 0 Å². The van der Waals surface area contributed by atoms with Gasteiger partial charge in [-0.05, 0) is 38.5 Å². The molecular weight excluding hydrogens is 453 g/mol. The zero-order chi connectivity index (χ0) is 24.8. The summed E-state index contributed by atoms with van der Waals surface area (Å²) in [5.41, 5.74) is 4.81. The Morgan fingerprint density at radius 2 is 2.20 bits per heavy atom. The van der Waals surface area contributed by atoms with Crippen LogP contribution in [0.15, 0.2) is 48.2 Å². The molecule has 0 unspecified atom stereocenters. The number of nitriles is 1. The summed E-state index contributed by atoms with van der Waals surface area (Å²) in [4.78, 5) is 29.6. The highest BCUT2D eigenvalue weighted by atomic mass is 19.1. The molecule has 0 aliphatic carbocycles. The van der Waals surface area contributed by atoms with Crippen LogP contribution < -0.4 is 11.1 Å². The van der Waals surface area contributed by atoms with Crippen LogP contribution in [0, 0.1) is 28.5 Å². The normalized spacial score (nSPS) is 27.5. The summed E-state index contributed by atoms with van der Waals surface area (Å²) >= 11 is 0. The summed E-state index contributed by atoms with van der Waals surface area (Å²) in [6.07, 6.45) is 5.65. The summed E-state index contributed by atoms with van der Waals surface area (Å²) in [5, 5.41) is 16.4. The molecule has 1 saturated heterocycles. The number of halogens is 1. The minimum absolute atomic E-state index is 0.0679.